The minimum atomic E-state index is -0.985. The van der Waals surface area contributed by atoms with Gasteiger partial charge in [-0.15, -0.1) is 0 Å². The Balaban J connectivity index is 2.31. The van der Waals surface area contributed by atoms with Gasteiger partial charge < -0.3 is 10.2 Å². The fraction of sp³-hybridized carbons (Fsp3) is 0.533. The third-order valence-corrected chi connectivity index (χ3v) is 4.27. The Hall–Kier alpha value is -1.26. The summed E-state index contributed by atoms with van der Waals surface area (Å²) in [4.78, 5) is 13.0. The van der Waals surface area contributed by atoms with Crippen LogP contribution in [0.1, 0.15) is 44.8 Å². The van der Waals surface area contributed by atoms with Gasteiger partial charge in [-0.2, -0.15) is 0 Å². The van der Waals surface area contributed by atoms with Crippen LogP contribution in [0.3, 0.4) is 0 Å². The molecule has 1 fully saturated rings. The Morgan fingerprint density at radius 3 is 2.80 bits per heavy atom. The molecular formula is C15H20ClNO3. The standard InChI is InChI=1S/C15H20ClNO3/c1-15(2)8-4-7-12(17(15)14(19)20)13(18)10-5-3-6-11(16)9-10/h3,5-6,9,12-13,18H,4,7-8H2,1-2H3,(H,19,20)/t12-,13?/m1/s1. The van der Waals surface area contributed by atoms with Crippen LogP contribution in [0.15, 0.2) is 24.3 Å². The molecule has 0 aliphatic carbocycles. The first kappa shape index (κ1) is 15.1. The van der Waals surface area contributed by atoms with Crippen LogP contribution < -0.4 is 0 Å². The second-order valence-corrected chi connectivity index (χ2v) is 6.36. The Kier molecular flexibility index (Phi) is 4.25. The van der Waals surface area contributed by atoms with Crippen LogP contribution in [0.25, 0.3) is 0 Å². The first-order valence-electron chi connectivity index (χ1n) is 6.79. The number of carboxylic acid groups (broad SMARTS) is 1. The number of benzene rings is 1. The lowest BCUT2D eigenvalue weighted by Crippen LogP contribution is -2.57. The zero-order valence-corrected chi connectivity index (χ0v) is 12.5. The number of likely N-dealkylation sites (tertiary alicyclic amines) is 1. The normalized spacial score (nSPS) is 23.4. The van der Waals surface area contributed by atoms with E-state index in [1.54, 1.807) is 24.3 Å². The molecule has 0 spiro atoms. The lowest BCUT2D eigenvalue weighted by Gasteiger charge is -2.47. The highest BCUT2D eigenvalue weighted by Crippen LogP contribution is 2.37. The first-order valence-corrected chi connectivity index (χ1v) is 7.16. The van der Waals surface area contributed by atoms with E-state index in [9.17, 15) is 15.0 Å². The van der Waals surface area contributed by atoms with Crippen molar-refractivity contribution in [3.8, 4) is 0 Å². The van der Waals surface area contributed by atoms with E-state index in [0.717, 1.165) is 12.8 Å². The van der Waals surface area contributed by atoms with Gasteiger partial charge in [-0.1, -0.05) is 23.7 Å². The van der Waals surface area contributed by atoms with Crippen LogP contribution in [0.5, 0.6) is 0 Å². The molecule has 2 atom stereocenters. The summed E-state index contributed by atoms with van der Waals surface area (Å²) in [6, 6.07) is 6.53. The van der Waals surface area contributed by atoms with E-state index in [4.69, 9.17) is 11.6 Å². The van der Waals surface area contributed by atoms with Gasteiger partial charge in [0.15, 0.2) is 0 Å². The van der Waals surface area contributed by atoms with Gasteiger partial charge >= 0.3 is 6.09 Å². The SMILES string of the molecule is CC1(C)CCC[C@H](C(O)c2cccc(Cl)c2)N1C(=O)O. The summed E-state index contributed by atoms with van der Waals surface area (Å²) in [5.74, 6) is 0. The number of amides is 1. The number of piperidine rings is 1. The predicted octanol–water partition coefficient (Wildman–Crippen LogP) is 3.68. The third-order valence-electron chi connectivity index (χ3n) is 4.03. The quantitative estimate of drug-likeness (QED) is 0.875. The molecular weight excluding hydrogens is 278 g/mol. The molecule has 2 rings (SSSR count). The maximum atomic E-state index is 11.6. The Bertz CT molecular complexity index is 504. The summed E-state index contributed by atoms with van der Waals surface area (Å²) in [5.41, 5.74) is 0.195. The van der Waals surface area contributed by atoms with Crippen molar-refractivity contribution in [2.24, 2.45) is 0 Å². The van der Waals surface area contributed by atoms with Crippen LogP contribution >= 0.6 is 11.6 Å². The molecule has 1 aliphatic rings. The molecule has 4 nitrogen and oxygen atoms in total. The zero-order chi connectivity index (χ0) is 14.9. The molecule has 0 bridgehead atoms. The van der Waals surface area contributed by atoms with Gasteiger partial charge in [0.25, 0.3) is 0 Å². The number of halogens is 1. The van der Waals surface area contributed by atoms with E-state index in [-0.39, 0.29) is 0 Å². The monoisotopic (exact) mass is 297 g/mol. The van der Waals surface area contributed by atoms with E-state index in [1.807, 2.05) is 13.8 Å². The van der Waals surface area contributed by atoms with Crippen molar-refractivity contribution in [2.75, 3.05) is 0 Å². The van der Waals surface area contributed by atoms with Crippen molar-refractivity contribution in [1.82, 2.24) is 4.90 Å². The van der Waals surface area contributed by atoms with E-state index in [2.05, 4.69) is 0 Å². The average Bonchev–Trinajstić information content (AvgIpc) is 2.35. The van der Waals surface area contributed by atoms with Gasteiger partial charge in [-0.3, -0.25) is 4.90 Å². The summed E-state index contributed by atoms with van der Waals surface area (Å²) in [7, 11) is 0. The summed E-state index contributed by atoms with van der Waals surface area (Å²) in [6.45, 7) is 3.80. The molecule has 110 valence electrons. The van der Waals surface area contributed by atoms with E-state index in [0.29, 0.717) is 17.0 Å². The summed E-state index contributed by atoms with van der Waals surface area (Å²) in [6.07, 6.45) is 0.519. The second-order valence-electron chi connectivity index (χ2n) is 5.92. The molecule has 0 radical (unpaired) electrons. The predicted molar refractivity (Wildman–Crippen MR) is 78.0 cm³/mol. The molecule has 1 amide bonds. The largest absolute Gasteiger partial charge is 0.465 e. The van der Waals surface area contributed by atoms with Crippen molar-refractivity contribution in [2.45, 2.75) is 50.8 Å². The first-order chi connectivity index (χ1) is 9.33. The lowest BCUT2D eigenvalue weighted by atomic mass is 9.83. The molecule has 5 heteroatoms. The minimum absolute atomic E-state index is 0.435. The Labute approximate surface area is 124 Å². The molecule has 1 aromatic carbocycles. The summed E-state index contributed by atoms with van der Waals surface area (Å²) in [5, 5.41) is 20.6. The molecule has 1 saturated heterocycles. The molecule has 1 aliphatic heterocycles. The van der Waals surface area contributed by atoms with E-state index < -0.39 is 23.8 Å². The number of aliphatic hydroxyl groups excluding tert-OH is 1. The summed E-state index contributed by atoms with van der Waals surface area (Å²) >= 11 is 5.94. The van der Waals surface area contributed by atoms with Gasteiger partial charge in [0, 0.05) is 10.6 Å². The van der Waals surface area contributed by atoms with E-state index in [1.165, 1.54) is 4.90 Å². The minimum Gasteiger partial charge on any atom is -0.465 e. The fourth-order valence-electron chi connectivity index (χ4n) is 3.05. The Morgan fingerprint density at radius 1 is 1.50 bits per heavy atom. The number of hydrogen-bond donors (Lipinski definition) is 2. The molecule has 0 saturated carbocycles. The van der Waals surface area contributed by atoms with Gasteiger partial charge in [-0.25, -0.2) is 4.79 Å². The third kappa shape index (κ3) is 2.91. The number of rotatable bonds is 2. The molecule has 1 aromatic rings. The number of nitrogens with zero attached hydrogens (tertiary/aromatic N) is 1. The zero-order valence-electron chi connectivity index (χ0n) is 11.7. The molecule has 2 N–H and O–H groups in total. The molecule has 1 heterocycles. The highest BCUT2D eigenvalue weighted by molar-refractivity contribution is 6.30. The van der Waals surface area contributed by atoms with Crippen LogP contribution in [-0.2, 0) is 0 Å². The van der Waals surface area contributed by atoms with Gasteiger partial charge in [0.05, 0.1) is 12.1 Å². The number of carbonyl (C=O) groups is 1. The van der Waals surface area contributed by atoms with E-state index >= 15 is 0 Å². The topological polar surface area (TPSA) is 60.8 Å². The average molecular weight is 298 g/mol. The van der Waals surface area contributed by atoms with Gasteiger partial charge in [0.1, 0.15) is 0 Å². The van der Waals surface area contributed by atoms with Crippen LogP contribution in [0, 0.1) is 0 Å². The van der Waals surface area contributed by atoms with Crippen molar-refractivity contribution in [3.05, 3.63) is 34.9 Å². The summed E-state index contributed by atoms with van der Waals surface area (Å²) < 4.78 is 0. The number of aliphatic hydroxyl groups is 1. The molecule has 1 unspecified atom stereocenters. The van der Waals surface area contributed by atoms with Crippen LogP contribution in [-0.4, -0.2) is 32.8 Å². The van der Waals surface area contributed by atoms with Crippen LogP contribution in [0.2, 0.25) is 5.02 Å². The highest BCUT2D eigenvalue weighted by Gasteiger charge is 2.42. The smallest absolute Gasteiger partial charge is 0.408 e. The fourth-order valence-corrected chi connectivity index (χ4v) is 3.25. The highest BCUT2D eigenvalue weighted by atomic mass is 35.5. The molecule has 0 aromatic heterocycles. The number of hydrogen-bond acceptors (Lipinski definition) is 2. The second kappa shape index (κ2) is 5.62. The van der Waals surface area contributed by atoms with Crippen molar-refractivity contribution >= 4 is 17.7 Å². The van der Waals surface area contributed by atoms with Crippen molar-refractivity contribution < 1.29 is 15.0 Å². The maximum Gasteiger partial charge on any atom is 0.408 e. The van der Waals surface area contributed by atoms with Crippen molar-refractivity contribution in [3.63, 3.8) is 0 Å². The van der Waals surface area contributed by atoms with Gasteiger partial charge in [-0.05, 0) is 50.8 Å². The Morgan fingerprint density at radius 2 is 2.20 bits per heavy atom. The molecule has 20 heavy (non-hydrogen) atoms. The maximum absolute atomic E-state index is 11.6. The van der Waals surface area contributed by atoms with Gasteiger partial charge in [0.2, 0.25) is 0 Å². The van der Waals surface area contributed by atoms with Crippen molar-refractivity contribution in [1.29, 1.82) is 0 Å². The van der Waals surface area contributed by atoms with Crippen LogP contribution in [0.4, 0.5) is 4.79 Å². The lowest BCUT2D eigenvalue weighted by molar-refractivity contribution is -0.0271.